The lowest BCUT2D eigenvalue weighted by atomic mass is 10.2. The van der Waals surface area contributed by atoms with Gasteiger partial charge in [-0.15, -0.1) is 0 Å². The number of nitrogens with one attached hydrogen (secondary N) is 1. The fraction of sp³-hybridized carbons (Fsp3) is 0.300. The zero-order valence-electron chi connectivity index (χ0n) is 16.6. The Kier molecular flexibility index (Phi) is 6.99. The minimum atomic E-state index is -5.48. The van der Waals surface area contributed by atoms with E-state index in [9.17, 15) is 31.2 Å². The number of hydrogen-bond acceptors (Lipinski definition) is 4. The van der Waals surface area contributed by atoms with E-state index in [1.54, 1.807) is 29.2 Å². The van der Waals surface area contributed by atoms with Crippen LogP contribution in [0.1, 0.15) is 16.8 Å². The minimum absolute atomic E-state index is 0.0604. The number of hydrogen-bond donors (Lipinski definition) is 1. The quantitative estimate of drug-likeness (QED) is 0.705. The normalized spacial score (nSPS) is 15.2. The van der Waals surface area contributed by atoms with Crippen LogP contribution in [0.3, 0.4) is 0 Å². The molecule has 172 valence electrons. The summed E-state index contributed by atoms with van der Waals surface area (Å²) in [6.07, 6.45) is 0.500. The lowest BCUT2D eigenvalue weighted by Crippen LogP contribution is -2.39. The Morgan fingerprint density at radius 1 is 0.875 bits per heavy atom. The summed E-state index contributed by atoms with van der Waals surface area (Å²) in [6, 6.07) is 9.92. The van der Waals surface area contributed by atoms with Gasteiger partial charge in [-0.2, -0.15) is 13.2 Å². The molecule has 12 heteroatoms. The van der Waals surface area contributed by atoms with Gasteiger partial charge in [0.1, 0.15) is 0 Å². The number of halogens is 4. The molecule has 3 rings (SSSR count). The van der Waals surface area contributed by atoms with Crippen LogP contribution in [0, 0.1) is 0 Å². The molecular formula is C20H19ClF3N3O4S. The molecule has 1 N–H and O–H groups in total. The van der Waals surface area contributed by atoms with Gasteiger partial charge in [0.2, 0.25) is 0 Å². The van der Waals surface area contributed by atoms with E-state index in [0.717, 1.165) is 24.3 Å². The molecule has 3 amide bonds. The number of anilines is 1. The van der Waals surface area contributed by atoms with Crippen molar-refractivity contribution in [2.45, 2.75) is 16.8 Å². The molecule has 32 heavy (non-hydrogen) atoms. The number of urea groups is 1. The van der Waals surface area contributed by atoms with Crippen molar-refractivity contribution in [3.8, 4) is 0 Å². The maximum absolute atomic E-state index is 12.7. The Morgan fingerprint density at radius 3 is 2.03 bits per heavy atom. The lowest BCUT2D eigenvalue weighted by Gasteiger charge is -2.22. The van der Waals surface area contributed by atoms with Crippen LogP contribution >= 0.6 is 11.6 Å². The number of carbonyl (C=O) groups is 2. The molecule has 1 aliphatic heterocycles. The van der Waals surface area contributed by atoms with Gasteiger partial charge in [-0.05, 0) is 55.0 Å². The van der Waals surface area contributed by atoms with Crippen LogP contribution in [0.4, 0.5) is 23.7 Å². The van der Waals surface area contributed by atoms with Crippen molar-refractivity contribution >= 4 is 39.1 Å². The van der Waals surface area contributed by atoms with Gasteiger partial charge < -0.3 is 15.1 Å². The molecule has 0 unspecified atom stereocenters. The van der Waals surface area contributed by atoms with Crippen molar-refractivity contribution in [1.29, 1.82) is 0 Å². The highest BCUT2D eigenvalue weighted by Crippen LogP contribution is 2.30. The fourth-order valence-electron chi connectivity index (χ4n) is 3.15. The van der Waals surface area contributed by atoms with Gasteiger partial charge in [0.15, 0.2) is 0 Å². The van der Waals surface area contributed by atoms with E-state index in [0.29, 0.717) is 30.2 Å². The highest BCUT2D eigenvalue weighted by Gasteiger charge is 2.46. The number of rotatable bonds is 3. The van der Waals surface area contributed by atoms with Crippen molar-refractivity contribution in [3.63, 3.8) is 0 Å². The van der Waals surface area contributed by atoms with E-state index < -0.39 is 26.1 Å². The average molecular weight is 490 g/mol. The molecule has 2 aromatic rings. The number of sulfone groups is 1. The molecule has 0 bridgehead atoms. The van der Waals surface area contributed by atoms with Gasteiger partial charge in [0.25, 0.3) is 15.7 Å². The van der Waals surface area contributed by atoms with Crippen LogP contribution in [0.2, 0.25) is 5.02 Å². The zero-order valence-corrected chi connectivity index (χ0v) is 18.2. The first-order valence-corrected chi connectivity index (χ1v) is 11.4. The highest BCUT2D eigenvalue weighted by molar-refractivity contribution is 7.92. The van der Waals surface area contributed by atoms with Crippen LogP contribution in [-0.2, 0) is 9.84 Å². The van der Waals surface area contributed by atoms with Crippen LogP contribution in [0.25, 0.3) is 0 Å². The first-order valence-electron chi connectivity index (χ1n) is 9.51. The SMILES string of the molecule is O=C(Nc1ccc(Cl)cc1)N1CCCN(C(=O)c2ccc(S(=O)(=O)C(F)(F)F)cc2)CC1. The third kappa shape index (κ3) is 5.33. The second kappa shape index (κ2) is 9.37. The second-order valence-electron chi connectivity index (χ2n) is 7.04. The Balaban J connectivity index is 1.63. The number of amides is 3. The van der Waals surface area contributed by atoms with Crippen molar-refractivity contribution < 1.29 is 31.2 Å². The smallest absolute Gasteiger partial charge is 0.337 e. The topological polar surface area (TPSA) is 86.8 Å². The molecule has 2 aromatic carbocycles. The molecule has 0 saturated carbocycles. The van der Waals surface area contributed by atoms with Crippen LogP contribution in [-0.4, -0.2) is 61.8 Å². The second-order valence-corrected chi connectivity index (χ2v) is 9.42. The van der Waals surface area contributed by atoms with Crippen LogP contribution in [0.15, 0.2) is 53.4 Å². The molecule has 0 spiro atoms. The van der Waals surface area contributed by atoms with E-state index in [-0.39, 0.29) is 24.7 Å². The summed E-state index contributed by atoms with van der Waals surface area (Å²) < 4.78 is 60.9. The number of alkyl halides is 3. The number of nitrogens with zero attached hydrogens (tertiary/aromatic N) is 2. The Labute approximate surface area is 187 Å². The van der Waals surface area contributed by atoms with Gasteiger partial charge in [0, 0.05) is 42.5 Å². The molecule has 0 aromatic heterocycles. The maximum Gasteiger partial charge on any atom is 0.501 e. The minimum Gasteiger partial charge on any atom is -0.337 e. The van der Waals surface area contributed by atoms with Crippen LogP contribution < -0.4 is 5.32 Å². The van der Waals surface area contributed by atoms with Gasteiger partial charge >= 0.3 is 11.5 Å². The molecule has 1 fully saturated rings. The van der Waals surface area contributed by atoms with Crippen molar-refractivity contribution in [2.24, 2.45) is 0 Å². The molecule has 0 atom stereocenters. The monoisotopic (exact) mass is 489 g/mol. The first kappa shape index (κ1) is 23.9. The standard InChI is InChI=1S/C20H19ClF3N3O4S/c21-15-4-6-16(7-5-15)25-19(29)27-11-1-10-26(12-13-27)18(28)14-2-8-17(9-3-14)32(30,31)20(22,23)24/h2-9H,1,10-13H2,(H,25,29). The zero-order chi connectivity index (χ0) is 23.5. The summed E-state index contributed by atoms with van der Waals surface area (Å²) in [6.45, 7) is 1.22. The summed E-state index contributed by atoms with van der Waals surface area (Å²) in [7, 11) is -5.48. The summed E-state index contributed by atoms with van der Waals surface area (Å²) in [5, 5.41) is 3.29. The fourth-order valence-corrected chi connectivity index (χ4v) is 4.04. The number of benzene rings is 2. The van der Waals surface area contributed by atoms with Gasteiger partial charge in [-0.3, -0.25) is 4.79 Å². The molecule has 1 aliphatic rings. The Morgan fingerprint density at radius 2 is 1.44 bits per heavy atom. The van der Waals surface area contributed by atoms with Crippen molar-refractivity contribution in [2.75, 3.05) is 31.5 Å². The summed E-state index contributed by atoms with van der Waals surface area (Å²) in [5.41, 5.74) is -4.78. The summed E-state index contributed by atoms with van der Waals surface area (Å²) >= 11 is 5.83. The third-order valence-electron chi connectivity index (χ3n) is 4.88. The molecule has 7 nitrogen and oxygen atoms in total. The number of carbonyl (C=O) groups excluding carboxylic acids is 2. The largest absolute Gasteiger partial charge is 0.501 e. The first-order chi connectivity index (χ1) is 15.0. The molecule has 0 aliphatic carbocycles. The van der Waals surface area contributed by atoms with Crippen molar-refractivity contribution in [3.05, 3.63) is 59.1 Å². The van der Waals surface area contributed by atoms with Gasteiger partial charge in [-0.1, -0.05) is 11.6 Å². The van der Waals surface area contributed by atoms with Crippen molar-refractivity contribution in [1.82, 2.24) is 9.80 Å². The average Bonchev–Trinajstić information content (AvgIpc) is 3.00. The summed E-state index contributed by atoms with van der Waals surface area (Å²) in [4.78, 5) is 27.3. The molecule has 1 heterocycles. The molecule has 0 radical (unpaired) electrons. The Bertz CT molecular complexity index is 1090. The van der Waals surface area contributed by atoms with E-state index in [1.807, 2.05) is 0 Å². The summed E-state index contributed by atoms with van der Waals surface area (Å²) in [5.74, 6) is -0.457. The van der Waals surface area contributed by atoms with Crippen LogP contribution in [0.5, 0.6) is 0 Å². The predicted molar refractivity (Wildman–Crippen MR) is 112 cm³/mol. The van der Waals surface area contributed by atoms with E-state index >= 15 is 0 Å². The molecule has 1 saturated heterocycles. The van der Waals surface area contributed by atoms with E-state index in [2.05, 4.69) is 5.32 Å². The van der Waals surface area contributed by atoms with E-state index in [4.69, 9.17) is 11.6 Å². The maximum atomic E-state index is 12.7. The highest BCUT2D eigenvalue weighted by atomic mass is 35.5. The van der Waals surface area contributed by atoms with E-state index in [1.165, 1.54) is 4.90 Å². The van der Waals surface area contributed by atoms with Gasteiger partial charge in [-0.25, -0.2) is 13.2 Å². The third-order valence-corrected chi connectivity index (χ3v) is 6.64. The predicted octanol–water partition coefficient (Wildman–Crippen LogP) is 4.01. The Hall–Kier alpha value is -2.79. The molecular weight excluding hydrogens is 471 g/mol. The lowest BCUT2D eigenvalue weighted by molar-refractivity contribution is -0.0436. The van der Waals surface area contributed by atoms with Gasteiger partial charge in [0.05, 0.1) is 4.90 Å².